The number of hydrogen-bond donors (Lipinski definition) is 2. The molecule has 0 unspecified atom stereocenters. The van der Waals surface area contributed by atoms with Crippen molar-refractivity contribution in [2.24, 2.45) is 0 Å². The molecule has 2 aromatic carbocycles. The summed E-state index contributed by atoms with van der Waals surface area (Å²) in [5.74, 6) is 0.279. The van der Waals surface area contributed by atoms with E-state index in [2.05, 4.69) is 51.8 Å². The number of carbonyl (C=O) groups is 1. The van der Waals surface area contributed by atoms with Crippen molar-refractivity contribution < 1.29 is 4.79 Å². The number of nitrogens with one attached hydrogen (secondary N) is 2. The maximum absolute atomic E-state index is 12.4. The number of carbonyl (C=O) groups excluding carboxylic acids is 1. The van der Waals surface area contributed by atoms with Crippen molar-refractivity contribution in [2.75, 3.05) is 10.6 Å². The van der Waals surface area contributed by atoms with Crippen LogP contribution in [0.5, 0.6) is 0 Å². The van der Waals surface area contributed by atoms with Crippen LogP contribution in [0.15, 0.2) is 54.9 Å². The molecule has 0 aliphatic carbocycles. The molecule has 3 rings (SSSR count). The predicted molar refractivity (Wildman–Crippen MR) is 104 cm³/mol. The highest BCUT2D eigenvalue weighted by atomic mass is 16.1. The van der Waals surface area contributed by atoms with Gasteiger partial charge in [-0.3, -0.25) is 4.79 Å². The summed E-state index contributed by atoms with van der Waals surface area (Å²) in [6.45, 7) is 6.63. The number of amides is 1. The van der Waals surface area contributed by atoms with Gasteiger partial charge in [-0.05, 0) is 37.5 Å². The van der Waals surface area contributed by atoms with E-state index in [1.165, 1.54) is 18.0 Å². The predicted octanol–water partition coefficient (Wildman–Crippen LogP) is 4.27. The molecule has 1 heterocycles. The van der Waals surface area contributed by atoms with E-state index in [1.807, 2.05) is 32.0 Å². The van der Waals surface area contributed by atoms with Crippen molar-refractivity contribution in [3.63, 3.8) is 0 Å². The Kier molecular flexibility index (Phi) is 5.27. The van der Waals surface area contributed by atoms with E-state index < -0.39 is 0 Å². The van der Waals surface area contributed by atoms with E-state index in [0.29, 0.717) is 18.1 Å². The van der Waals surface area contributed by atoms with E-state index in [-0.39, 0.29) is 5.91 Å². The van der Waals surface area contributed by atoms with Gasteiger partial charge < -0.3 is 10.6 Å². The Hall–Kier alpha value is -3.21. The molecule has 0 aliphatic heterocycles. The number of rotatable bonds is 5. The lowest BCUT2D eigenvalue weighted by molar-refractivity contribution is 0.102. The molecule has 1 aromatic heterocycles. The lowest BCUT2D eigenvalue weighted by Gasteiger charge is -2.11. The minimum Gasteiger partial charge on any atom is -0.350 e. The largest absolute Gasteiger partial charge is 0.350 e. The van der Waals surface area contributed by atoms with Crippen LogP contribution in [0.25, 0.3) is 0 Å². The number of nitrogens with zero attached hydrogens (tertiary/aromatic N) is 2. The average molecular weight is 346 g/mol. The molecule has 5 nitrogen and oxygen atoms in total. The lowest BCUT2D eigenvalue weighted by Crippen LogP contribution is -2.15. The molecule has 1 amide bonds. The average Bonchev–Trinajstić information content (AvgIpc) is 2.65. The molecular weight excluding hydrogens is 324 g/mol. The van der Waals surface area contributed by atoms with Gasteiger partial charge in [-0.1, -0.05) is 48.0 Å². The molecule has 3 aromatic rings. The summed E-state index contributed by atoms with van der Waals surface area (Å²) in [5, 5.41) is 6.10. The zero-order valence-electron chi connectivity index (χ0n) is 15.2. The van der Waals surface area contributed by atoms with Crippen LogP contribution in [-0.4, -0.2) is 15.9 Å². The number of anilines is 2. The van der Waals surface area contributed by atoms with Crippen LogP contribution in [-0.2, 0) is 6.54 Å². The van der Waals surface area contributed by atoms with Crippen LogP contribution >= 0.6 is 0 Å². The quantitative estimate of drug-likeness (QED) is 0.724. The highest BCUT2D eigenvalue weighted by Gasteiger charge is 2.10. The Bertz CT molecular complexity index is 882. The maximum atomic E-state index is 12.4. The van der Waals surface area contributed by atoms with Crippen molar-refractivity contribution in [2.45, 2.75) is 27.3 Å². The first-order chi connectivity index (χ1) is 12.5. The molecule has 0 spiro atoms. The first kappa shape index (κ1) is 17.6. The Morgan fingerprint density at radius 3 is 2.15 bits per heavy atom. The summed E-state index contributed by atoms with van der Waals surface area (Å²) in [6, 6.07) is 14.2. The van der Waals surface area contributed by atoms with Crippen LogP contribution in [0.3, 0.4) is 0 Å². The third-order valence-corrected chi connectivity index (χ3v) is 4.20. The molecule has 0 saturated heterocycles. The molecule has 2 N–H and O–H groups in total. The fourth-order valence-electron chi connectivity index (χ4n) is 2.62. The first-order valence-corrected chi connectivity index (χ1v) is 8.52. The van der Waals surface area contributed by atoms with Gasteiger partial charge in [0.15, 0.2) is 0 Å². The van der Waals surface area contributed by atoms with Crippen LogP contribution < -0.4 is 10.6 Å². The molecule has 0 saturated carbocycles. The molecule has 0 bridgehead atoms. The number of hydrogen-bond acceptors (Lipinski definition) is 4. The molecule has 0 atom stereocenters. The second-order valence-electron chi connectivity index (χ2n) is 6.36. The normalized spacial score (nSPS) is 10.4. The topological polar surface area (TPSA) is 66.9 Å². The van der Waals surface area contributed by atoms with Crippen LogP contribution in [0.2, 0.25) is 0 Å². The van der Waals surface area contributed by atoms with Gasteiger partial charge in [0.2, 0.25) is 5.95 Å². The Labute approximate surface area is 153 Å². The van der Waals surface area contributed by atoms with E-state index >= 15 is 0 Å². The highest BCUT2D eigenvalue weighted by Crippen LogP contribution is 2.20. The molecule has 0 aliphatic rings. The van der Waals surface area contributed by atoms with E-state index in [9.17, 15) is 4.79 Å². The summed E-state index contributed by atoms with van der Waals surface area (Å²) in [4.78, 5) is 20.9. The molecule has 5 heteroatoms. The van der Waals surface area contributed by atoms with Crippen molar-refractivity contribution in [1.29, 1.82) is 0 Å². The number of para-hydroxylation sites is 1. The molecule has 0 radical (unpaired) electrons. The maximum Gasteiger partial charge on any atom is 0.258 e. The molecule has 26 heavy (non-hydrogen) atoms. The third-order valence-electron chi connectivity index (χ3n) is 4.20. The standard InChI is InChI=1S/C21H22N4O/c1-14-7-9-17(10-8-14)11-22-21-23-12-18(13-24-21)20(26)25-19-15(2)5-4-6-16(19)3/h4-10,12-13H,11H2,1-3H3,(H,25,26)(H,22,23,24). The van der Waals surface area contributed by atoms with Gasteiger partial charge in [-0.25, -0.2) is 9.97 Å². The van der Waals surface area contributed by atoms with Gasteiger partial charge in [-0.15, -0.1) is 0 Å². The Balaban J connectivity index is 1.63. The smallest absolute Gasteiger partial charge is 0.258 e. The van der Waals surface area contributed by atoms with Gasteiger partial charge in [0, 0.05) is 24.6 Å². The van der Waals surface area contributed by atoms with Crippen LogP contribution in [0.1, 0.15) is 32.6 Å². The monoisotopic (exact) mass is 346 g/mol. The van der Waals surface area contributed by atoms with E-state index in [1.54, 1.807) is 0 Å². The second kappa shape index (κ2) is 7.78. The second-order valence-corrected chi connectivity index (χ2v) is 6.36. The number of aryl methyl sites for hydroxylation is 3. The Morgan fingerprint density at radius 1 is 0.923 bits per heavy atom. The fourth-order valence-corrected chi connectivity index (χ4v) is 2.62. The first-order valence-electron chi connectivity index (χ1n) is 8.52. The van der Waals surface area contributed by atoms with Gasteiger partial charge in [0.1, 0.15) is 0 Å². The molecule has 132 valence electrons. The van der Waals surface area contributed by atoms with Crippen molar-refractivity contribution in [1.82, 2.24) is 9.97 Å². The summed E-state index contributed by atoms with van der Waals surface area (Å²) in [5.41, 5.74) is 5.68. The lowest BCUT2D eigenvalue weighted by atomic mass is 10.1. The third kappa shape index (κ3) is 4.25. The van der Waals surface area contributed by atoms with Gasteiger partial charge in [0.25, 0.3) is 5.91 Å². The minimum absolute atomic E-state index is 0.215. The Morgan fingerprint density at radius 2 is 1.54 bits per heavy atom. The van der Waals surface area contributed by atoms with Crippen molar-refractivity contribution in [3.8, 4) is 0 Å². The number of aromatic nitrogens is 2. The zero-order chi connectivity index (χ0) is 18.5. The molecule has 0 fully saturated rings. The SMILES string of the molecule is Cc1ccc(CNc2ncc(C(=O)Nc3c(C)cccc3C)cn2)cc1. The fraction of sp³-hybridized carbons (Fsp3) is 0.190. The minimum atomic E-state index is -0.215. The van der Waals surface area contributed by atoms with Crippen molar-refractivity contribution >= 4 is 17.5 Å². The van der Waals surface area contributed by atoms with Gasteiger partial charge in [-0.2, -0.15) is 0 Å². The van der Waals surface area contributed by atoms with Crippen LogP contribution in [0.4, 0.5) is 11.6 Å². The summed E-state index contributed by atoms with van der Waals surface area (Å²) in [6.07, 6.45) is 3.07. The summed E-state index contributed by atoms with van der Waals surface area (Å²) < 4.78 is 0. The van der Waals surface area contributed by atoms with Crippen molar-refractivity contribution in [3.05, 3.63) is 82.7 Å². The van der Waals surface area contributed by atoms with E-state index in [0.717, 1.165) is 22.4 Å². The van der Waals surface area contributed by atoms with E-state index in [4.69, 9.17) is 0 Å². The summed E-state index contributed by atoms with van der Waals surface area (Å²) >= 11 is 0. The zero-order valence-corrected chi connectivity index (χ0v) is 15.2. The highest BCUT2D eigenvalue weighted by molar-refractivity contribution is 6.04. The van der Waals surface area contributed by atoms with Gasteiger partial charge in [0.05, 0.1) is 5.56 Å². The summed E-state index contributed by atoms with van der Waals surface area (Å²) in [7, 11) is 0. The van der Waals surface area contributed by atoms with Crippen LogP contribution in [0, 0.1) is 20.8 Å². The number of benzene rings is 2. The van der Waals surface area contributed by atoms with Gasteiger partial charge >= 0.3 is 0 Å². The molecular formula is C21H22N4O.